The van der Waals surface area contributed by atoms with Gasteiger partial charge >= 0.3 is 0 Å². The molecular formula is C20H25N3O3. The first kappa shape index (κ1) is 19.5. The van der Waals surface area contributed by atoms with Gasteiger partial charge in [-0.3, -0.25) is 14.5 Å². The van der Waals surface area contributed by atoms with Crippen LogP contribution in [0.1, 0.15) is 19.4 Å². The minimum Gasteiger partial charge on any atom is -0.497 e. The molecule has 26 heavy (non-hydrogen) atoms. The quantitative estimate of drug-likeness (QED) is 0.801. The van der Waals surface area contributed by atoms with E-state index in [1.165, 1.54) is 6.92 Å². The third kappa shape index (κ3) is 5.60. The number of hydrogen-bond donors (Lipinski definition) is 2. The first-order chi connectivity index (χ1) is 12.4. The number of nitrogens with one attached hydrogen (secondary N) is 2. The summed E-state index contributed by atoms with van der Waals surface area (Å²) in [5.74, 6) is 0.545. The minimum absolute atomic E-state index is 0.110. The number of nitrogens with zero attached hydrogens (tertiary/aromatic N) is 1. The number of carbonyl (C=O) groups excluding carboxylic acids is 2. The van der Waals surface area contributed by atoms with E-state index >= 15 is 0 Å². The second kappa shape index (κ2) is 9.01. The minimum atomic E-state index is -0.318. The lowest BCUT2D eigenvalue weighted by Gasteiger charge is -2.24. The molecule has 0 aliphatic rings. The first-order valence-electron chi connectivity index (χ1n) is 8.40. The zero-order chi connectivity index (χ0) is 19.1. The molecule has 0 aliphatic carbocycles. The van der Waals surface area contributed by atoms with E-state index in [-0.39, 0.29) is 17.9 Å². The summed E-state index contributed by atoms with van der Waals surface area (Å²) in [5.41, 5.74) is 2.39. The maximum Gasteiger partial charge on any atom is 0.241 e. The molecule has 1 atom stereocenters. The lowest BCUT2D eigenvalue weighted by molar-refractivity contribution is -0.120. The third-order valence-electron chi connectivity index (χ3n) is 4.08. The van der Waals surface area contributed by atoms with Gasteiger partial charge in [0.2, 0.25) is 11.8 Å². The highest BCUT2D eigenvalue weighted by Gasteiger charge is 2.18. The Labute approximate surface area is 154 Å². The molecule has 2 rings (SSSR count). The van der Waals surface area contributed by atoms with Crippen LogP contribution in [0.2, 0.25) is 0 Å². The number of carbonyl (C=O) groups is 2. The molecular weight excluding hydrogens is 330 g/mol. The Morgan fingerprint density at radius 1 is 1.08 bits per heavy atom. The summed E-state index contributed by atoms with van der Waals surface area (Å²) in [4.78, 5) is 25.6. The van der Waals surface area contributed by atoms with E-state index < -0.39 is 0 Å². The molecule has 0 heterocycles. The van der Waals surface area contributed by atoms with Crippen LogP contribution < -0.4 is 15.4 Å². The van der Waals surface area contributed by atoms with Gasteiger partial charge in [0, 0.05) is 24.8 Å². The molecule has 0 spiro atoms. The van der Waals surface area contributed by atoms with Crippen molar-refractivity contribution < 1.29 is 14.3 Å². The molecule has 6 heteroatoms. The summed E-state index contributed by atoms with van der Waals surface area (Å²) in [6.07, 6.45) is 0. The Morgan fingerprint density at radius 2 is 1.69 bits per heavy atom. The maximum atomic E-state index is 12.5. The van der Waals surface area contributed by atoms with Crippen molar-refractivity contribution in [2.45, 2.75) is 26.4 Å². The number of benzene rings is 2. The van der Waals surface area contributed by atoms with Gasteiger partial charge in [-0.1, -0.05) is 18.2 Å². The van der Waals surface area contributed by atoms with Gasteiger partial charge in [0.25, 0.3) is 0 Å². The van der Waals surface area contributed by atoms with Crippen molar-refractivity contribution in [2.24, 2.45) is 0 Å². The number of rotatable bonds is 7. The van der Waals surface area contributed by atoms with Crippen molar-refractivity contribution in [3.8, 4) is 5.75 Å². The van der Waals surface area contributed by atoms with Crippen molar-refractivity contribution in [1.29, 1.82) is 0 Å². The van der Waals surface area contributed by atoms with Gasteiger partial charge in [-0.05, 0) is 49.9 Å². The molecule has 2 aromatic carbocycles. The number of hydrogen-bond acceptors (Lipinski definition) is 4. The van der Waals surface area contributed by atoms with Crippen LogP contribution in [0.4, 0.5) is 11.4 Å². The molecule has 1 unspecified atom stereocenters. The molecule has 0 aliphatic heterocycles. The lowest BCUT2D eigenvalue weighted by atomic mass is 10.1. The van der Waals surface area contributed by atoms with Gasteiger partial charge in [0.05, 0.1) is 13.2 Å². The fourth-order valence-corrected chi connectivity index (χ4v) is 2.48. The van der Waals surface area contributed by atoms with Gasteiger partial charge in [-0.15, -0.1) is 0 Å². The van der Waals surface area contributed by atoms with Gasteiger partial charge in [0.1, 0.15) is 5.75 Å². The van der Waals surface area contributed by atoms with Crippen molar-refractivity contribution in [1.82, 2.24) is 4.90 Å². The zero-order valence-corrected chi connectivity index (χ0v) is 15.6. The van der Waals surface area contributed by atoms with Crippen LogP contribution >= 0.6 is 0 Å². The smallest absolute Gasteiger partial charge is 0.241 e. The highest BCUT2D eigenvalue weighted by Crippen LogP contribution is 2.17. The Bertz CT molecular complexity index is 759. The predicted octanol–water partition coefficient (Wildman–Crippen LogP) is 3.11. The van der Waals surface area contributed by atoms with Crippen LogP contribution in [-0.4, -0.2) is 36.9 Å². The van der Waals surface area contributed by atoms with Gasteiger partial charge < -0.3 is 15.4 Å². The summed E-state index contributed by atoms with van der Waals surface area (Å²) >= 11 is 0. The Morgan fingerprint density at radius 3 is 2.27 bits per heavy atom. The second-order valence-corrected chi connectivity index (χ2v) is 6.19. The average molecular weight is 355 g/mol. The van der Waals surface area contributed by atoms with Gasteiger partial charge in [-0.2, -0.15) is 0 Å². The summed E-state index contributed by atoms with van der Waals surface area (Å²) in [5, 5.41) is 5.59. The van der Waals surface area contributed by atoms with Crippen LogP contribution in [0.15, 0.2) is 48.5 Å². The Kier molecular flexibility index (Phi) is 6.74. The molecule has 2 amide bonds. The van der Waals surface area contributed by atoms with Crippen molar-refractivity contribution in [2.75, 3.05) is 24.8 Å². The fraction of sp³-hybridized carbons (Fsp3) is 0.300. The predicted molar refractivity (Wildman–Crippen MR) is 103 cm³/mol. The molecule has 138 valence electrons. The standard InChI is InChI=1S/C20H25N3O3/c1-14(23(3)13-16-8-10-19(26-4)11-9-16)20(25)22-18-7-5-6-17(12-18)21-15(2)24/h5-12,14H,13H2,1-4H3,(H,21,24)(H,22,25). The summed E-state index contributed by atoms with van der Waals surface area (Å²) in [7, 11) is 3.54. The van der Waals surface area contributed by atoms with E-state index in [4.69, 9.17) is 4.74 Å². The van der Waals surface area contributed by atoms with Crippen LogP contribution in [0.25, 0.3) is 0 Å². The van der Waals surface area contributed by atoms with Crippen LogP contribution in [0.3, 0.4) is 0 Å². The molecule has 0 saturated carbocycles. The molecule has 0 aromatic heterocycles. The van der Waals surface area contributed by atoms with E-state index in [1.54, 1.807) is 31.4 Å². The van der Waals surface area contributed by atoms with Crippen LogP contribution in [-0.2, 0) is 16.1 Å². The zero-order valence-electron chi connectivity index (χ0n) is 15.6. The normalized spacial score (nSPS) is 11.7. The first-order valence-corrected chi connectivity index (χ1v) is 8.40. The van der Waals surface area contributed by atoms with Crippen LogP contribution in [0, 0.1) is 0 Å². The summed E-state index contributed by atoms with van der Waals surface area (Å²) in [6.45, 7) is 3.95. The summed E-state index contributed by atoms with van der Waals surface area (Å²) in [6, 6.07) is 14.5. The molecule has 2 aromatic rings. The van der Waals surface area contributed by atoms with Crippen molar-refractivity contribution >= 4 is 23.2 Å². The van der Waals surface area contributed by atoms with E-state index in [2.05, 4.69) is 10.6 Å². The second-order valence-electron chi connectivity index (χ2n) is 6.19. The third-order valence-corrected chi connectivity index (χ3v) is 4.08. The highest BCUT2D eigenvalue weighted by atomic mass is 16.5. The SMILES string of the molecule is COc1ccc(CN(C)C(C)C(=O)Nc2cccc(NC(C)=O)c2)cc1. The maximum absolute atomic E-state index is 12.5. The Balaban J connectivity index is 1.96. The summed E-state index contributed by atoms with van der Waals surface area (Å²) < 4.78 is 5.16. The molecule has 2 N–H and O–H groups in total. The van der Waals surface area contributed by atoms with Gasteiger partial charge in [0.15, 0.2) is 0 Å². The molecule has 0 bridgehead atoms. The topological polar surface area (TPSA) is 70.7 Å². The van der Waals surface area contributed by atoms with E-state index in [1.807, 2.05) is 43.1 Å². The van der Waals surface area contributed by atoms with Crippen molar-refractivity contribution in [3.63, 3.8) is 0 Å². The molecule has 0 fully saturated rings. The lowest BCUT2D eigenvalue weighted by Crippen LogP contribution is -2.39. The number of likely N-dealkylation sites (N-methyl/N-ethyl adjacent to an activating group) is 1. The number of amides is 2. The van der Waals surface area contributed by atoms with E-state index in [0.29, 0.717) is 17.9 Å². The average Bonchev–Trinajstić information content (AvgIpc) is 2.61. The number of ether oxygens (including phenoxy) is 1. The fourth-order valence-electron chi connectivity index (χ4n) is 2.48. The number of anilines is 2. The Hall–Kier alpha value is -2.86. The molecule has 0 radical (unpaired) electrons. The largest absolute Gasteiger partial charge is 0.497 e. The van der Waals surface area contributed by atoms with Gasteiger partial charge in [-0.25, -0.2) is 0 Å². The monoisotopic (exact) mass is 355 g/mol. The molecule has 0 saturated heterocycles. The van der Waals surface area contributed by atoms with E-state index in [9.17, 15) is 9.59 Å². The van der Waals surface area contributed by atoms with Crippen LogP contribution in [0.5, 0.6) is 5.75 Å². The number of methoxy groups -OCH3 is 1. The van der Waals surface area contributed by atoms with E-state index in [0.717, 1.165) is 11.3 Å². The van der Waals surface area contributed by atoms with Crippen molar-refractivity contribution in [3.05, 3.63) is 54.1 Å². The highest BCUT2D eigenvalue weighted by molar-refractivity contribution is 5.96. The molecule has 6 nitrogen and oxygen atoms in total.